The second kappa shape index (κ2) is 13.2. The topological polar surface area (TPSA) is 186 Å². The third-order valence-electron chi connectivity index (χ3n) is 10.6. The van der Waals surface area contributed by atoms with E-state index in [1.165, 1.54) is 12.0 Å². The highest BCUT2D eigenvalue weighted by Crippen LogP contribution is 2.65. The summed E-state index contributed by atoms with van der Waals surface area (Å²) in [5, 5.41) is 8.65. The fraction of sp³-hybridized carbons (Fsp3) is 0.812. The maximum atomic E-state index is 14.3. The number of primary amides is 1. The van der Waals surface area contributed by atoms with Crippen molar-refractivity contribution < 1.29 is 38.2 Å². The zero-order valence-corrected chi connectivity index (χ0v) is 27.5. The van der Waals surface area contributed by atoms with Crippen LogP contribution in [0.25, 0.3) is 0 Å². The summed E-state index contributed by atoms with van der Waals surface area (Å²) in [6.45, 7) is 9.89. The minimum Gasteiger partial charge on any atom is -0.438 e. The monoisotopic (exact) mass is 633 g/mol. The molecule has 5 amide bonds. The smallest absolute Gasteiger partial charge is 0.438 e. The van der Waals surface area contributed by atoms with Gasteiger partial charge in [-0.25, -0.2) is 9.59 Å². The molecule has 4 rings (SSSR count). The highest BCUT2D eigenvalue weighted by atomic mass is 16.7. The van der Waals surface area contributed by atoms with Crippen molar-refractivity contribution in [3.63, 3.8) is 0 Å². The lowest BCUT2D eigenvalue weighted by Crippen LogP contribution is -2.63. The summed E-state index contributed by atoms with van der Waals surface area (Å²) >= 11 is 0. The molecule has 0 bridgehead atoms. The molecule has 0 spiro atoms. The van der Waals surface area contributed by atoms with Gasteiger partial charge in [0.2, 0.25) is 17.6 Å². The molecule has 3 aliphatic carbocycles. The van der Waals surface area contributed by atoms with Gasteiger partial charge in [0.1, 0.15) is 18.7 Å². The van der Waals surface area contributed by atoms with E-state index in [1.807, 2.05) is 20.8 Å². The average Bonchev–Trinajstić information content (AvgIpc) is 3.27. The van der Waals surface area contributed by atoms with Gasteiger partial charge in [0.15, 0.2) is 0 Å². The van der Waals surface area contributed by atoms with Gasteiger partial charge in [0.05, 0.1) is 18.7 Å². The van der Waals surface area contributed by atoms with E-state index in [9.17, 15) is 28.8 Å². The Hall–Kier alpha value is -3.38. The van der Waals surface area contributed by atoms with Crippen LogP contribution >= 0.6 is 0 Å². The first kappa shape index (κ1) is 34.5. The molecule has 1 heterocycles. The third-order valence-corrected chi connectivity index (χ3v) is 10.6. The molecule has 5 N–H and O–H groups in total. The highest BCUT2D eigenvalue weighted by Gasteiger charge is 2.70. The first-order chi connectivity index (χ1) is 21.0. The van der Waals surface area contributed by atoms with Crippen molar-refractivity contribution >= 4 is 35.7 Å². The Morgan fingerprint density at radius 1 is 0.978 bits per heavy atom. The van der Waals surface area contributed by atoms with Crippen molar-refractivity contribution in [1.29, 1.82) is 0 Å². The number of carbonyl (C=O) groups excluding carboxylic acids is 6. The van der Waals surface area contributed by atoms with Gasteiger partial charge in [0, 0.05) is 6.54 Å². The fourth-order valence-corrected chi connectivity index (χ4v) is 7.55. The van der Waals surface area contributed by atoms with E-state index < -0.39 is 64.8 Å². The van der Waals surface area contributed by atoms with Gasteiger partial charge in [0.25, 0.3) is 5.91 Å². The number of urea groups is 1. The number of methoxy groups -OCH3 is 1. The molecule has 45 heavy (non-hydrogen) atoms. The lowest BCUT2D eigenvalue weighted by molar-refractivity contribution is -0.145. The predicted molar refractivity (Wildman–Crippen MR) is 163 cm³/mol. The number of piperidine rings is 1. The Labute approximate surface area is 265 Å². The van der Waals surface area contributed by atoms with Crippen LogP contribution in [0.15, 0.2) is 0 Å². The van der Waals surface area contributed by atoms with Gasteiger partial charge in [-0.15, -0.1) is 0 Å². The largest absolute Gasteiger partial charge is 0.508 e. The Bertz CT molecular complexity index is 1190. The number of amides is 5. The first-order valence-electron chi connectivity index (χ1n) is 16.2. The van der Waals surface area contributed by atoms with Crippen molar-refractivity contribution in [3.8, 4) is 0 Å². The zero-order valence-electron chi connectivity index (χ0n) is 27.5. The number of rotatable bonds is 11. The number of nitrogens with one attached hydrogen (secondary N) is 3. The first-order valence-corrected chi connectivity index (χ1v) is 16.2. The number of hydrogen-bond donors (Lipinski definition) is 4. The van der Waals surface area contributed by atoms with Crippen LogP contribution in [0, 0.1) is 28.6 Å². The van der Waals surface area contributed by atoms with Crippen LogP contribution in [0.4, 0.5) is 9.59 Å². The minimum atomic E-state index is -1.10. The lowest BCUT2D eigenvalue weighted by atomic mass is 9.80. The van der Waals surface area contributed by atoms with E-state index in [4.69, 9.17) is 10.5 Å². The second-order valence-electron chi connectivity index (χ2n) is 15.2. The molecule has 4 aliphatic rings. The molecule has 3 saturated carbocycles. The summed E-state index contributed by atoms with van der Waals surface area (Å²) in [6, 6.07) is -3.47. The third kappa shape index (κ3) is 7.54. The quantitative estimate of drug-likeness (QED) is 0.197. The van der Waals surface area contributed by atoms with Gasteiger partial charge < -0.3 is 36.1 Å². The number of fused-ring (bicyclic) bond motifs is 1. The maximum absolute atomic E-state index is 14.3. The summed E-state index contributed by atoms with van der Waals surface area (Å²) in [6.07, 6.45) is 6.25. The number of carbonyl (C=O) groups is 6. The SMILES string of the molecule is COC(=O)OCC1(NC(=O)N[C@H](C(=O)N2C[C@H]3[C@@H]([C@H]2C(=O)NC(CC2CCC2)C(=O)C(N)=O)C3(C)C)C(C)(C)C)CCCCC1. The van der Waals surface area contributed by atoms with Crippen LogP contribution in [0.5, 0.6) is 0 Å². The summed E-state index contributed by atoms with van der Waals surface area (Å²) in [5.41, 5.74) is 3.61. The minimum absolute atomic E-state index is 0.0555. The van der Waals surface area contributed by atoms with Crippen molar-refractivity contribution in [3.05, 3.63) is 0 Å². The van der Waals surface area contributed by atoms with Gasteiger partial charge in [-0.3, -0.25) is 19.2 Å². The molecule has 1 unspecified atom stereocenters. The number of likely N-dealkylation sites (tertiary alicyclic amines) is 1. The molecule has 13 nitrogen and oxygen atoms in total. The highest BCUT2D eigenvalue weighted by molar-refractivity contribution is 6.37. The second-order valence-corrected chi connectivity index (χ2v) is 15.2. The number of nitrogens with zero attached hydrogens (tertiary/aromatic N) is 1. The molecular formula is C32H51N5O8. The van der Waals surface area contributed by atoms with Crippen molar-refractivity contribution in [2.24, 2.45) is 34.3 Å². The average molecular weight is 634 g/mol. The number of Topliss-reactive ketones (excluding diaryl/α,β-unsaturated/α-hetero) is 1. The Balaban J connectivity index is 1.52. The fourth-order valence-electron chi connectivity index (χ4n) is 7.55. The van der Waals surface area contributed by atoms with Gasteiger partial charge in [-0.2, -0.15) is 0 Å². The summed E-state index contributed by atoms with van der Waals surface area (Å²) in [7, 11) is 1.22. The van der Waals surface area contributed by atoms with Crippen LogP contribution < -0.4 is 21.7 Å². The number of hydrogen-bond acceptors (Lipinski definition) is 8. The summed E-state index contributed by atoms with van der Waals surface area (Å²) in [4.78, 5) is 79.4. The Morgan fingerprint density at radius 3 is 2.16 bits per heavy atom. The molecule has 1 aliphatic heterocycles. The molecule has 0 aromatic carbocycles. The number of nitrogens with two attached hydrogens (primary N) is 1. The normalized spacial score (nSPS) is 26.3. The van der Waals surface area contributed by atoms with Gasteiger partial charge in [-0.1, -0.05) is 73.1 Å². The standard InChI is InChI=1S/C32H51N5O8/c1-30(2,3)24(35-28(42)36-32(13-8-7-9-14-32)17-45-29(43)44-6)27(41)37-16-19-21(31(19,4)5)22(37)26(40)34-20(23(38)25(33)39)15-18-11-10-12-18/h18-22,24H,7-17H2,1-6H3,(H2,33,39)(H,34,40)(H2,35,36,42)/t19-,20?,21-,22-,24+/m0/s1. The molecule has 0 aromatic rings. The molecule has 4 fully saturated rings. The van der Waals surface area contributed by atoms with Crippen LogP contribution in [0.3, 0.4) is 0 Å². The maximum Gasteiger partial charge on any atom is 0.508 e. The van der Waals surface area contributed by atoms with E-state index in [2.05, 4.69) is 34.5 Å². The molecule has 0 aromatic heterocycles. The predicted octanol–water partition coefficient (Wildman–Crippen LogP) is 2.40. The van der Waals surface area contributed by atoms with Crippen LogP contribution in [-0.2, 0) is 28.7 Å². The molecule has 252 valence electrons. The molecular weight excluding hydrogens is 582 g/mol. The molecule has 1 saturated heterocycles. The summed E-state index contributed by atoms with van der Waals surface area (Å²) in [5.74, 6) is -2.66. The van der Waals surface area contributed by atoms with E-state index in [-0.39, 0.29) is 29.8 Å². The van der Waals surface area contributed by atoms with Gasteiger partial charge >= 0.3 is 12.2 Å². The van der Waals surface area contributed by atoms with Crippen LogP contribution in [-0.4, -0.2) is 84.5 Å². The molecule has 5 atom stereocenters. The van der Waals surface area contributed by atoms with Crippen LogP contribution in [0.1, 0.15) is 92.4 Å². The van der Waals surface area contributed by atoms with E-state index in [0.717, 1.165) is 38.5 Å². The summed E-state index contributed by atoms with van der Waals surface area (Å²) < 4.78 is 9.84. The van der Waals surface area contributed by atoms with E-state index in [1.54, 1.807) is 0 Å². The zero-order chi connectivity index (χ0) is 33.3. The van der Waals surface area contributed by atoms with Crippen molar-refractivity contribution in [1.82, 2.24) is 20.9 Å². The van der Waals surface area contributed by atoms with Crippen LogP contribution in [0.2, 0.25) is 0 Å². The molecule has 13 heteroatoms. The van der Waals surface area contributed by atoms with Crippen molar-refractivity contribution in [2.75, 3.05) is 20.3 Å². The number of ketones is 1. The Kier molecular flexibility index (Phi) is 10.1. The lowest BCUT2D eigenvalue weighted by Gasteiger charge is -2.40. The van der Waals surface area contributed by atoms with E-state index in [0.29, 0.717) is 25.8 Å². The molecule has 0 radical (unpaired) electrons. The number of ether oxygens (including phenoxy) is 2. The van der Waals surface area contributed by atoms with Crippen molar-refractivity contribution in [2.45, 2.75) is 116 Å². The van der Waals surface area contributed by atoms with E-state index >= 15 is 0 Å². The van der Waals surface area contributed by atoms with Gasteiger partial charge in [-0.05, 0) is 47.8 Å². The Morgan fingerprint density at radius 2 is 1.62 bits per heavy atom.